The zero-order valence-corrected chi connectivity index (χ0v) is 17.4. The molecule has 0 aromatic carbocycles. The third kappa shape index (κ3) is 2.52. The molecular formula is C23H37NO2. The van der Waals surface area contributed by atoms with Crippen LogP contribution in [0, 0.1) is 39.9 Å². The monoisotopic (exact) mass is 359 g/mol. The van der Waals surface area contributed by atoms with Gasteiger partial charge in [-0.3, -0.25) is 9.59 Å². The molecule has 26 heavy (non-hydrogen) atoms. The van der Waals surface area contributed by atoms with E-state index in [1.165, 1.54) is 25.7 Å². The van der Waals surface area contributed by atoms with Gasteiger partial charge in [0.05, 0.1) is 0 Å². The van der Waals surface area contributed by atoms with E-state index < -0.39 is 0 Å². The molecule has 0 aromatic rings. The van der Waals surface area contributed by atoms with E-state index in [0.717, 1.165) is 31.1 Å². The molecule has 0 unspecified atom stereocenters. The second-order valence-corrected chi connectivity index (χ2v) is 11.4. The average molecular weight is 360 g/mol. The van der Waals surface area contributed by atoms with Gasteiger partial charge in [0.15, 0.2) is 0 Å². The Morgan fingerprint density at radius 1 is 0.962 bits per heavy atom. The molecule has 146 valence electrons. The van der Waals surface area contributed by atoms with Crippen molar-refractivity contribution >= 4 is 11.7 Å². The van der Waals surface area contributed by atoms with Crippen LogP contribution >= 0.6 is 0 Å². The highest BCUT2D eigenvalue weighted by atomic mass is 16.1. The van der Waals surface area contributed by atoms with E-state index in [1.54, 1.807) is 0 Å². The molecule has 0 radical (unpaired) electrons. The molecule has 4 rings (SSSR count). The fourth-order valence-corrected chi connectivity index (χ4v) is 7.66. The number of rotatable bonds is 1. The standard InChI is InChI=1S/C23H37NO2/c1-21(2,3)20(26)17-8-7-15-14-6-9-18-23(5,13-11-19(25)24-18)16(14)10-12-22(15,17)4/h14-18H,6-13H2,1-5H3,(H,24,25)/t14-,15-,16-,17+,18+,22-,23+/m0/s1. The highest BCUT2D eigenvalue weighted by Gasteiger charge is 2.61. The lowest BCUT2D eigenvalue weighted by Crippen LogP contribution is -2.61. The second-order valence-electron chi connectivity index (χ2n) is 11.4. The number of piperidine rings is 1. The number of ketones is 1. The molecule has 1 saturated heterocycles. The molecule has 1 aliphatic heterocycles. The summed E-state index contributed by atoms with van der Waals surface area (Å²) in [4.78, 5) is 25.1. The van der Waals surface area contributed by atoms with E-state index in [2.05, 4.69) is 39.9 Å². The van der Waals surface area contributed by atoms with Crippen molar-refractivity contribution in [1.82, 2.24) is 5.32 Å². The number of fused-ring (bicyclic) bond motifs is 5. The maximum atomic E-state index is 13.2. The van der Waals surface area contributed by atoms with Crippen molar-refractivity contribution in [1.29, 1.82) is 0 Å². The Labute approximate surface area is 159 Å². The number of amides is 1. The summed E-state index contributed by atoms with van der Waals surface area (Å²) < 4.78 is 0. The predicted octanol–water partition coefficient (Wildman–Crippen LogP) is 4.74. The van der Waals surface area contributed by atoms with Crippen molar-refractivity contribution in [3.8, 4) is 0 Å². The quantitative estimate of drug-likeness (QED) is 0.735. The Bertz CT molecular complexity index is 620. The Hall–Kier alpha value is -0.860. The van der Waals surface area contributed by atoms with Gasteiger partial charge in [-0.25, -0.2) is 0 Å². The first kappa shape index (κ1) is 18.5. The number of Topliss-reactive ketones (excluding diaryl/α,β-unsaturated/α-hetero) is 1. The molecule has 3 saturated carbocycles. The molecule has 4 aliphatic rings. The van der Waals surface area contributed by atoms with Crippen molar-refractivity contribution in [3.05, 3.63) is 0 Å². The Morgan fingerprint density at radius 3 is 2.35 bits per heavy atom. The molecule has 3 nitrogen and oxygen atoms in total. The fourth-order valence-electron chi connectivity index (χ4n) is 7.66. The van der Waals surface area contributed by atoms with Gasteiger partial charge < -0.3 is 5.32 Å². The summed E-state index contributed by atoms with van der Waals surface area (Å²) >= 11 is 0. The highest BCUT2D eigenvalue weighted by Crippen LogP contribution is 2.66. The van der Waals surface area contributed by atoms with Gasteiger partial charge in [0.1, 0.15) is 5.78 Å². The van der Waals surface area contributed by atoms with Crippen LogP contribution < -0.4 is 5.32 Å². The molecular weight excluding hydrogens is 322 g/mol. The van der Waals surface area contributed by atoms with Crippen LogP contribution in [0.15, 0.2) is 0 Å². The summed E-state index contributed by atoms with van der Waals surface area (Å²) in [6, 6.07) is 0.378. The van der Waals surface area contributed by atoms with Crippen molar-refractivity contribution in [2.45, 2.75) is 92.0 Å². The van der Waals surface area contributed by atoms with E-state index in [9.17, 15) is 9.59 Å². The van der Waals surface area contributed by atoms with Crippen LogP contribution in [0.3, 0.4) is 0 Å². The molecule has 4 fully saturated rings. The Morgan fingerprint density at radius 2 is 1.65 bits per heavy atom. The van der Waals surface area contributed by atoms with Gasteiger partial charge in [-0.05, 0) is 73.5 Å². The number of carbonyl (C=O) groups excluding carboxylic acids is 2. The summed E-state index contributed by atoms with van der Waals surface area (Å²) in [5, 5.41) is 3.31. The smallest absolute Gasteiger partial charge is 0.220 e. The van der Waals surface area contributed by atoms with Gasteiger partial charge in [-0.1, -0.05) is 34.6 Å². The van der Waals surface area contributed by atoms with Crippen molar-refractivity contribution < 1.29 is 9.59 Å². The van der Waals surface area contributed by atoms with Gasteiger partial charge in [0, 0.05) is 23.8 Å². The van der Waals surface area contributed by atoms with E-state index >= 15 is 0 Å². The predicted molar refractivity (Wildman–Crippen MR) is 104 cm³/mol. The fraction of sp³-hybridized carbons (Fsp3) is 0.913. The summed E-state index contributed by atoms with van der Waals surface area (Å²) in [5.74, 6) is 3.18. The first-order chi connectivity index (χ1) is 12.1. The third-order valence-corrected chi connectivity index (χ3v) is 9.15. The minimum atomic E-state index is -0.225. The van der Waals surface area contributed by atoms with Crippen LogP contribution in [-0.2, 0) is 9.59 Å². The lowest BCUT2D eigenvalue weighted by molar-refractivity contribution is -0.144. The average Bonchev–Trinajstić information content (AvgIpc) is 2.91. The maximum absolute atomic E-state index is 13.2. The zero-order valence-electron chi connectivity index (χ0n) is 17.4. The summed E-state index contributed by atoms with van der Waals surface area (Å²) in [6.07, 6.45) is 8.89. The number of carbonyl (C=O) groups is 2. The summed E-state index contributed by atoms with van der Waals surface area (Å²) in [6.45, 7) is 11.2. The first-order valence-corrected chi connectivity index (χ1v) is 10.9. The maximum Gasteiger partial charge on any atom is 0.220 e. The van der Waals surface area contributed by atoms with Crippen LogP contribution in [0.25, 0.3) is 0 Å². The molecule has 0 aromatic heterocycles. The normalized spacial score (nSPS) is 48.2. The van der Waals surface area contributed by atoms with Crippen LogP contribution in [0.2, 0.25) is 0 Å². The number of hydrogen-bond donors (Lipinski definition) is 1. The Kier molecular flexibility index (Phi) is 4.14. The van der Waals surface area contributed by atoms with E-state index in [1.807, 2.05) is 0 Å². The van der Waals surface area contributed by atoms with E-state index in [0.29, 0.717) is 24.2 Å². The van der Waals surface area contributed by atoms with Crippen molar-refractivity contribution in [2.24, 2.45) is 39.9 Å². The van der Waals surface area contributed by atoms with Gasteiger partial charge in [0.2, 0.25) is 5.91 Å². The highest BCUT2D eigenvalue weighted by molar-refractivity contribution is 5.87. The molecule has 1 N–H and O–H groups in total. The summed E-state index contributed by atoms with van der Waals surface area (Å²) in [5.41, 5.74) is 0.244. The van der Waals surface area contributed by atoms with Crippen molar-refractivity contribution in [2.75, 3.05) is 0 Å². The SMILES string of the molecule is CC(C)(C)C(=O)[C@H]1CC[C@H]2[C@@H]3CC[C@H]4NC(=O)CC[C@]4(C)[C@H]3CC[C@]12C. The van der Waals surface area contributed by atoms with Crippen LogP contribution in [0.4, 0.5) is 0 Å². The molecule has 3 aliphatic carbocycles. The van der Waals surface area contributed by atoms with Crippen LogP contribution in [-0.4, -0.2) is 17.7 Å². The third-order valence-electron chi connectivity index (χ3n) is 9.15. The van der Waals surface area contributed by atoms with Gasteiger partial charge in [-0.2, -0.15) is 0 Å². The van der Waals surface area contributed by atoms with Crippen LogP contribution in [0.5, 0.6) is 0 Å². The second kappa shape index (κ2) is 5.82. The molecule has 7 atom stereocenters. The molecule has 1 amide bonds. The minimum absolute atomic E-state index is 0.201. The van der Waals surface area contributed by atoms with Gasteiger partial charge >= 0.3 is 0 Å². The van der Waals surface area contributed by atoms with E-state index in [4.69, 9.17) is 0 Å². The van der Waals surface area contributed by atoms with Crippen molar-refractivity contribution in [3.63, 3.8) is 0 Å². The van der Waals surface area contributed by atoms with Gasteiger partial charge in [-0.15, -0.1) is 0 Å². The van der Waals surface area contributed by atoms with Gasteiger partial charge in [0.25, 0.3) is 0 Å². The van der Waals surface area contributed by atoms with E-state index in [-0.39, 0.29) is 28.1 Å². The molecule has 3 heteroatoms. The first-order valence-electron chi connectivity index (χ1n) is 10.9. The summed E-state index contributed by atoms with van der Waals surface area (Å²) in [7, 11) is 0. The van der Waals surface area contributed by atoms with Crippen LogP contribution in [0.1, 0.15) is 86.0 Å². The molecule has 0 spiro atoms. The molecule has 0 bridgehead atoms. The number of nitrogens with one attached hydrogen (secondary N) is 1. The minimum Gasteiger partial charge on any atom is -0.353 e. The largest absolute Gasteiger partial charge is 0.353 e. The zero-order chi connectivity index (χ0) is 18.9. The Balaban J connectivity index is 1.60. The molecule has 1 heterocycles. The number of hydrogen-bond acceptors (Lipinski definition) is 2. The topological polar surface area (TPSA) is 46.2 Å². The lowest BCUT2D eigenvalue weighted by Gasteiger charge is -2.60. The lowest BCUT2D eigenvalue weighted by atomic mass is 9.46.